The van der Waals surface area contributed by atoms with Crippen LogP contribution in [0.3, 0.4) is 0 Å². The molecule has 0 bridgehead atoms. The minimum Gasteiger partial charge on any atom is -0.438 e. The van der Waals surface area contributed by atoms with Gasteiger partial charge in [-0.1, -0.05) is 11.8 Å². The van der Waals surface area contributed by atoms with E-state index in [1.165, 1.54) is 16.5 Å². The molecule has 3 rings (SSSR count). The molecule has 1 amide bonds. The van der Waals surface area contributed by atoms with E-state index < -0.39 is 30.6 Å². The summed E-state index contributed by atoms with van der Waals surface area (Å²) in [6.07, 6.45) is -2.31. The van der Waals surface area contributed by atoms with Crippen LogP contribution in [0.1, 0.15) is 17.4 Å². The molecule has 2 unspecified atom stereocenters. The highest BCUT2D eigenvalue weighted by Gasteiger charge is 2.44. The zero-order valence-corrected chi connectivity index (χ0v) is 17.3. The van der Waals surface area contributed by atoms with E-state index >= 15 is 0 Å². The number of nitrogens with zero attached hydrogens (tertiary/aromatic N) is 5. The summed E-state index contributed by atoms with van der Waals surface area (Å²) in [5, 5.41) is 13.2. The van der Waals surface area contributed by atoms with Crippen molar-refractivity contribution >= 4 is 23.6 Å². The normalized spacial score (nSPS) is 20.9. The molecule has 32 heavy (non-hydrogen) atoms. The fraction of sp³-hybridized carbons (Fsp3) is 0.526. The number of hydrogen-bond donors (Lipinski definition) is 2. The van der Waals surface area contributed by atoms with Gasteiger partial charge in [-0.15, -0.1) is 12.3 Å². The van der Waals surface area contributed by atoms with Gasteiger partial charge >= 0.3 is 12.1 Å². The molecule has 1 aromatic rings. The van der Waals surface area contributed by atoms with Crippen molar-refractivity contribution in [3.63, 3.8) is 0 Å². The average molecular weight is 454 g/mol. The molecule has 0 aromatic carbocycles. The maximum atomic E-state index is 12.9. The number of fused-ring (bicyclic) bond motifs is 1. The van der Waals surface area contributed by atoms with Crippen LogP contribution in [0, 0.1) is 24.2 Å². The minimum absolute atomic E-state index is 0.0466. The lowest BCUT2D eigenvalue weighted by Gasteiger charge is -2.37. The first-order valence-electron chi connectivity index (χ1n) is 9.51. The largest absolute Gasteiger partial charge is 0.490 e. The Hall–Kier alpha value is -3.42. The second-order valence-corrected chi connectivity index (χ2v) is 6.98. The Kier molecular flexibility index (Phi) is 6.52. The molecule has 1 aromatic heterocycles. The lowest BCUT2D eigenvalue weighted by atomic mass is 10.2. The van der Waals surface area contributed by atoms with E-state index in [4.69, 9.17) is 6.42 Å². The third-order valence-corrected chi connectivity index (χ3v) is 4.93. The van der Waals surface area contributed by atoms with Crippen molar-refractivity contribution in [1.29, 1.82) is 0 Å². The Bertz CT molecular complexity index is 1010. The molecule has 0 radical (unpaired) electrons. The van der Waals surface area contributed by atoms with E-state index in [-0.39, 0.29) is 43.6 Å². The summed E-state index contributed by atoms with van der Waals surface area (Å²) in [5.74, 6) is 5.50. The van der Waals surface area contributed by atoms with Crippen molar-refractivity contribution in [2.24, 2.45) is 0 Å². The summed E-state index contributed by atoms with van der Waals surface area (Å²) in [6.45, 7) is 1.97. The maximum Gasteiger partial charge on any atom is 0.490 e. The van der Waals surface area contributed by atoms with Gasteiger partial charge in [0.05, 0.1) is 19.6 Å². The molecule has 1 fully saturated rings. The van der Waals surface area contributed by atoms with Crippen LogP contribution in [0.2, 0.25) is 0 Å². The molecule has 3 heterocycles. The van der Waals surface area contributed by atoms with Crippen LogP contribution in [-0.2, 0) is 16.1 Å². The van der Waals surface area contributed by atoms with E-state index in [0.29, 0.717) is 6.54 Å². The number of piperazine rings is 1. The molecule has 13 heteroatoms. The zero-order chi connectivity index (χ0) is 23.6. The first kappa shape index (κ1) is 23.2. The second kappa shape index (κ2) is 8.98. The standard InChI is InChI=1S/C19H21F3N6O4/c1-4-6-9-27-13-14(28(8-5-2)18(31)25(3)15(13)29)24-17(27)26-10-7-23-12(11-26)32-16(30)19(20,21)22/h2,12,18,23,31H,7-11H2,1,3H3. The molecule has 0 spiro atoms. The van der Waals surface area contributed by atoms with E-state index in [0.717, 1.165) is 4.90 Å². The van der Waals surface area contributed by atoms with Gasteiger partial charge in [0.15, 0.2) is 17.7 Å². The number of aliphatic hydroxyl groups is 1. The highest BCUT2D eigenvalue weighted by Crippen LogP contribution is 2.33. The fourth-order valence-corrected chi connectivity index (χ4v) is 3.41. The zero-order valence-electron chi connectivity index (χ0n) is 17.3. The van der Waals surface area contributed by atoms with Crippen LogP contribution >= 0.6 is 0 Å². The van der Waals surface area contributed by atoms with Crippen LogP contribution < -0.4 is 15.1 Å². The van der Waals surface area contributed by atoms with Crippen molar-refractivity contribution in [2.45, 2.75) is 32.2 Å². The third-order valence-electron chi connectivity index (χ3n) is 4.93. The molecule has 0 aliphatic carbocycles. The predicted octanol–water partition coefficient (Wildman–Crippen LogP) is -0.451. The fourth-order valence-electron chi connectivity index (χ4n) is 3.41. The van der Waals surface area contributed by atoms with Gasteiger partial charge in [-0.3, -0.25) is 19.6 Å². The number of carbonyl (C=O) groups is 2. The number of amides is 1. The summed E-state index contributed by atoms with van der Waals surface area (Å²) in [7, 11) is 1.40. The Labute approximate surface area is 181 Å². The Morgan fingerprint density at radius 1 is 1.41 bits per heavy atom. The van der Waals surface area contributed by atoms with Crippen LogP contribution in [0.5, 0.6) is 0 Å². The molecule has 10 nitrogen and oxygen atoms in total. The lowest BCUT2D eigenvalue weighted by Crippen LogP contribution is -2.54. The van der Waals surface area contributed by atoms with Gasteiger partial charge in [0.2, 0.25) is 12.3 Å². The number of aliphatic hydroxyl groups excluding tert-OH is 1. The molecule has 2 aliphatic heterocycles. The maximum absolute atomic E-state index is 12.9. The van der Waals surface area contributed by atoms with E-state index in [9.17, 15) is 27.9 Å². The number of esters is 1. The topological polar surface area (TPSA) is 103 Å². The minimum atomic E-state index is -5.12. The van der Waals surface area contributed by atoms with Gasteiger partial charge in [0.25, 0.3) is 5.91 Å². The van der Waals surface area contributed by atoms with E-state index in [2.05, 4.69) is 32.8 Å². The van der Waals surface area contributed by atoms with Gasteiger partial charge in [-0.05, 0) is 6.92 Å². The van der Waals surface area contributed by atoms with E-state index in [1.54, 1.807) is 11.8 Å². The van der Waals surface area contributed by atoms with E-state index in [1.807, 2.05) is 0 Å². The average Bonchev–Trinajstić information content (AvgIpc) is 3.12. The Morgan fingerprint density at radius 3 is 2.75 bits per heavy atom. The Morgan fingerprint density at radius 2 is 2.12 bits per heavy atom. The van der Waals surface area contributed by atoms with Crippen LogP contribution in [0.25, 0.3) is 0 Å². The van der Waals surface area contributed by atoms with Crippen LogP contribution in [0.15, 0.2) is 0 Å². The van der Waals surface area contributed by atoms with Gasteiger partial charge < -0.3 is 19.6 Å². The number of ether oxygens (including phenoxy) is 1. The lowest BCUT2D eigenvalue weighted by molar-refractivity contribution is -0.206. The first-order chi connectivity index (χ1) is 15.1. The highest BCUT2D eigenvalue weighted by atomic mass is 19.4. The van der Waals surface area contributed by atoms with Gasteiger partial charge in [-0.25, -0.2) is 4.79 Å². The predicted molar refractivity (Wildman–Crippen MR) is 106 cm³/mol. The van der Waals surface area contributed by atoms with Crippen molar-refractivity contribution in [3.8, 4) is 24.2 Å². The molecule has 2 aliphatic rings. The number of terminal acetylenes is 1. The number of anilines is 2. The third kappa shape index (κ3) is 4.30. The number of nitrogens with one attached hydrogen (secondary N) is 1. The second-order valence-electron chi connectivity index (χ2n) is 6.98. The molecular formula is C19H21F3N6O4. The van der Waals surface area contributed by atoms with Crippen LogP contribution in [0.4, 0.5) is 24.9 Å². The number of hydrogen-bond acceptors (Lipinski definition) is 8. The van der Waals surface area contributed by atoms with Crippen molar-refractivity contribution in [1.82, 2.24) is 19.8 Å². The van der Waals surface area contributed by atoms with Crippen molar-refractivity contribution in [2.75, 3.05) is 43.0 Å². The molecule has 1 saturated heterocycles. The number of aromatic nitrogens is 2. The molecule has 0 saturated carbocycles. The number of imidazole rings is 1. The number of halogens is 3. The summed E-state index contributed by atoms with van der Waals surface area (Å²) >= 11 is 0. The van der Waals surface area contributed by atoms with Gasteiger partial charge in [0.1, 0.15) is 0 Å². The van der Waals surface area contributed by atoms with Crippen molar-refractivity contribution < 1.29 is 32.6 Å². The summed E-state index contributed by atoms with van der Waals surface area (Å²) < 4.78 is 43.8. The monoisotopic (exact) mass is 454 g/mol. The summed E-state index contributed by atoms with van der Waals surface area (Å²) in [5.41, 5.74) is 0.133. The molecule has 172 valence electrons. The first-order valence-corrected chi connectivity index (χ1v) is 9.51. The molecule has 2 atom stereocenters. The Balaban J connectivity index is 2.00. The summed E-state index contributed by atoms with van der Waals surface area (Å²) in [4.78, 5) is 32.6. The quantitative estimate of drug-likeness (QED) is 0.466. The number of carbonyl (C=O) groups excluding carboxylic acids is 2. The van der Waals surface area contributed by atoms with Gasteiger partial charge in [-0.2, -0.15) is 18.2 Å². The highest BCUT2D eigenvalue weighted by molar-refractivity contribution is 6.00. The van der Waals surface area contributed by atoms with Crippen molar-refractivity contribution in [3.05, 3.63) is 5.69 Å². The smallest absolute Gasteiger partial charge is 0.438 e. The summed E-state index contributed by atoms with van der Waals surface area (Å²) in [6, 6.07) is 0. The molecule has 2 N–H and O–H groups in total. The number of alkyl halides is 3. The van der Waals surface area contributed by atoms with Crippen LogP contribution in [-0.4, -0.2) is 83.4 Å². The molecular weight excluding hydrogens is 433 g/mol. The SMILES string of the molecule is C#CCN1c2nc(N3CCNC(OC(=O)C(F)(F)F)C3)n(CC#CC)c2C(=O)N(C)C1O. The van der Waals surface area contributed by atoms with Gasteiger partial charge in [0, 0.05) is 20.1 Å². The number of rotatable bonds is 4.